The summed E-state index contributed by atoms with van der Waals surface area (Å²) in [5.74, 6) is -0.134. The van der Waals surface area contributed by atoms with Gasteiger partial charge >= 0.3 is 0 Å². The number of carbonyl (C=O) groups excluding carboxylic acids is 3. The van der Waals surface area contributed by atoms with E-state index in [2.05, 4.69) is 25.9 Å². The number of nitrogens with one attached hydrogen (secondary N) is 3. The third-order valence-corrected chi connectivity index (χ3v) is 5.08. The van der Waals surface area contributed by atoms with Crippen LogP contribution in [0.25, 0.3) is 0 Å². The van der Waals surface area contributed by atoms with Gasteiger partial charge in [0.2, 0.25) is 11.8 Å². The van der Waals surface area contributed by atoms with Gasteiger partial charge in [0, 0.05) is 76.8 Å². The molecule has 0 aliphatic rings. The van der Waals surface area contributed by atoms with E-state index < -0.39 is 0 Å². The average Bonchev–Trinajstić information content (AvgIpc) is 2.71. The van der Waals surface area contributed by atoms with Crippen molar-refractivity contribution in [2.24, 2.45) is 38.8 Å². The average molecular weight is 558 g/mol. The van der Waals surface area contributed by atoms with E-state index in [1.165, 1.54) is 0 Å². The summed E-state index contributed by atoms with van der Waals surface area (Å²) in [7, 11) is 1.81. The molecule has 0 aromatic carbocycles. The van der Waals surface area contributed by atoms with Crippen molar-refractivity contribution in [1.29, 1.82) is 0 Å². The molecule has 1 radical (unpaired) electrons. The van der Waals surface area contributed by atoms with E-state index in [1.807, 2.05) is 27.2 Å². The fraction of sp³-hybridized carbons (Fsp3) is 0.762. The molecule has 11 N–H and O–H groups in total. The van der Waals surface area contributed by atoms with Gasteiger partial charge in [0.1, 0.15) is 0 Å². The van der Waals surface area contributed by atoms with Crippen LogP contribution >= 0.6 is 0 Å². The number of nitrogens with two attached hydrogens (primary N) is 4. The molecule has 0 aromatic rings. The molecule has 0 saturated carbocycles. The van der Waals surface area contributed by atoms with Crippen molar-refractivity contribution in [3.63, 3.8) is 0 Å². The predicted octanol–water partition coefficient (Wildman–Crippen LogP) is -1.42. The molecule has 193 valence electrons. The fourth-order valence-corrected chi connectivity index (χ4v) is 3.31. The first-order valence-electron chi connectivity index (χ1n) is 11.3. The fourth-order valence-electron chi connectivity index (χ4n) is 3.31. The minimum atomic E-state index is -0.390. The molecule has 0 aliphatic carbocycles. The van der Waals surface area contributed by atoms with Gasteiger partial charge in [-0.3, -0.25) is 25.9 Å². The maximum atomic E-state index is 12.6. The van der Waals surface area contributed by atoms with E-state index in [-0.39, 0.29) is 93.3 Å². The number of guanidine groups is 2. The van der Waals surface area contributed by atoms with Crippen molar-refractivity contribution < 1.29 is 47.1 Å². The molecule has 0 bridgehead atoms. The minimum absolute atomic E-state index is 0. The van der Waals surface area contributed by atoms with Gasteiger partial charge in [0.05, 0.1) is 0 Å². The van der Waals surface area contributed by atoms with Gasteiger partial charge in [0.25, 0.3) is 0 Å². The molecule has 0 aromatic heterocycles. The number of hydrogen-bond acceptors (Lipinski definition) is 6. The molecule has 3 atom stereocenters. The molecule has 0 unspecified atom stereocenters. The van der Waals surface area contributed by atoms with Crippen LogP contribution in [-0.2, 0) is 47.1 Å². The number of aliphatic imine (C=N–C) groups is 2. The Balaban J connectivity index is 0. The van der Waals surface area contributed by atoms with E-state index in [0.29, 0.717) is 45.2 Å². The molecule has 2 amide bonds. The third-order valence-electron chi connectivity index (χ3n) is 5.08. The minimum Gasteiger partial charge on any atom is -0.542 e. The van der Waals surface area contributed by atoms with Gasteiger partial charge in [0.15, 0.2) is 11.9 Å². The van der Waals surface area contributed by atoms with Crippen LogP contribution in [0.3, 0.4) is 0 Å². The third kappa shape index (κ3) is 18.6. The van der Waals surface area contributed by atoms with Crippen LogP contribution in [0.1, 0.15) is 58.8 Å². The maximum absolute atomic E-state index is 12.6. The molecule has 34 heavy (non-hydrogen) atoms. The summed E-state index contributed by atoms with van der Waals surface area (Å²) in [6.45, 7) is 4.87. The monoisotopic (exact) mass is 557 g/mol. The summed E-state index contributed by atoms with van der Waals surface area (Å²) >= 11 is 0. The zero-order chi connectivity index (χ0) is 25.2. The van der Waals surface area contributed by atoms with E-state index in [4.69, 9.17) is 22.9 Å². The van der Waals surface area contributed by atoms with Crippen molar-refractivity contribution in [1.82, 2.24) is 16.0 Å². The Morgan fingerprint density at radius 2 is 1.32 bits per heavy atom. The normalized spacial score (nSPS) is 13.1. The molecule has 0 rings (SSSR count). The smallest absolute Gasteiger partial charge is 0.222 e. The molecule has 0 heterocycles. The SMILES string of the molecule is CN[C@H](CC(=O)N[C@@H](CCCN=C(N)N)CC(=O)N[C@H](C[C-]=O)CCCN=C(N)N)C(C)C.[Y]. The topological polar surface area (TPSA) is 216 Å². The second-order valence-corrected chi connectivity index (χ2v) is 8.32. The van der Waals surface area contributed by atoms with Gasteiger partial charge in [-0.1, -0.05) is 13.8 Å². The Hall–Kier alpha value is -1.79. The Morgan fingerprint density at radius 3 is 1.76 bits per heavy atom. The quantitative estimate of drug-likeness (QED) is 0.0458. The largest absolute Gasteiger partial charge is 0.542 e. The first kappa shape index (κ1) is 34.4. The van der Waals surface area contributed by atoms with Crippen LogP contribution in [0.2, 0.25) is 0 Å². The molecule has 0 fully saturated rings. The zero-order valence-electron chi connectivity index (χ0n) is 20.7. The number of nitrogens with zero attached hydrogens (tertiary/aromatic N) is 2. The predicted molar refractivity (Wildman–Crippen MR) is 131 cm³/mol. The van der Waals surface area contributed by atoms with Crippen LogP contribution in [0, 0.1) is 5.92 Å². The van der Waals surface area contributed by atoms with Crippen LogP contribution in [0.5, 0.6) is 0 Å². The Bertz CT molecular complexity index is 651. The standard InChI is InChI=1S/C21H42N9O3.Y/c1-14(2)17(26-3)13-19(33)30-16(7-5-10-28-21(24)25)12-18(32)29-15(8-11-31)6-4-9-27-20(22)23;/h14-17,26H,4-10,12-13H2,1-3H3,(H,29,32)(H,30,33)(H4,22,23,27)(H4,24,25,28);/q-1;/t15-,16-,17+;/m0./s1. The van der Waals surface area contributed by atoms with Gasteiger partial charge < -0.3 is 43.7 Å². The summed E-state index contributed by atoms with van der Waals surface area (Å²) in [6.07, 6.45) is 4.52. The Kier molecular flexibility index (Phi) is 20.8. The van der Waals surface area contributed by atoms with Crippen molar-refractivity contribution in [3.8, 4) is 0 Å². The zero-order valence-corrected chi connectivity index (χ0v) is 23.5. The molecule has 0 saturated heterocycles. The Labute approximate surface area is 228 Å². The molecule has 0 spiro atoms. The summed E-state index contributed by atoms with van der Waals surface area (Å²) in [4.78, 5) is 43.9. The first-order chi connectivity index (χ1) is 15.6. The van der Waals surface area contributed by atoms with E-state index in [1.54, 1.807) is 0 Å². The summed E-state index contributed by atoms with van der Waals surface area (Å²) in [5, 5.41) is 8.93. The molecule has 13 heteroatoms. The van der Waals surface area contributed by atoms with E-state index in [9.17, 15) is 14.4 Å². The van der Waals surface area contributed by atoms with Crippen molar-refractivity contribution in [3.05, 3.63) is 0 Å². The number of carbonyl (C=O) groups is 2. The number of hydrogen-bond donors (Lipinski definition) is 7. The summed E-state index contributed by atoms with van der Waals surface area (Å²) in [5.41, 5.74) is 21.3. The molecule has 12 nitrogen and oxygen atoms in total. The molecular weight excluding hydrogens is 515 g/mol. The van der Waals surface area contributed by atoms with E-state index in [0.717, 1.165) is 0 Å². The van der Waals surface area contributed by atoms with Gasteiger partial charge in [-0.25, -0.2) is 0 Å². The van der Waals surface area contributed by atoms with Crippen LogP contribution in [0.4, 0.5) is 0 Å². The summed E-state index contributed by atoms with van der Waals surface area (Å²) in [6, 6.07) is -0.741. The molecule has 0 aliphatic heterocycles. The van der Waals surface area contributed by atoms with Crippen LogP contribution in [-0.4, -0.2) is 68.3 Å². The van der Waals surface area contributed by atoms with Gasteiger partial charge in [-0.2, -0.15) is 0 Å². The van der Waals surface area contributed by atoms with Gasteiger partial charge in [-0.15, -0.1) is 6.42 Å². The van der Waals surface area contributed by atoms with Crippen molar-refractivity contribution in [2.45, 2.75) is 76.9 Å². The van der Waals surface area contributed by atoms with Crippen LogP contribution in [0.15, 0.2) is 9.98 Å². The summed E-state index contributed by atoms with van der Waals surface area (Å²) < 4.78 is 0. The van der Waals surface area contributed by atoms with E-state index >= 15 is 0 Å². The number of amides is 2. The maximum Gasteiger partial charge on any atom is 0.222 e. The van der Waals surface area contributed by atoms with Gasteiger partial charge in [-0.05, 0) is 38.6 Å². The first-order valence-corrected chi connectivity index (χ1v) is 11.3. The van der Waals surface area contributed by atoms with Crippen molar-refractivity contribution >= 4 is 30.0 Å². The Morgan fingerprint density at radius 1 is 0.853 bits per heavy atom. The van der Waals surface area contributed by atoms with Crippen LogP contribution < -0.4 is 38.9 Å². The second kappa shape index (κ2) is 20.6. The second-order valence-electron chi connectivity index (χ2n) is 8.32. The van der Waals surface area contributed by atoms with Crippen molar-refractivity contribution in [2.75, 3.05) is 20.1 Å². The molecular formula is C21H42N9O3Y-. The number of rotatable bonds is 18.